The van der Waals surface area contributed by atoms with Gasteiger partial charge < -0.3 is 5.73 Å². The highest BCUT2D eigenvalue weighted by atomic mass is 19.4. The fourth-order valence-corrected chi connectivity index (χ4v) is 1.66. The Kier molecular flexibility index (Phi) is 3.97. The van der Waals surface area contributed by atoms with Gasteiger partial charge in [-0.05, 0) is 30.0 Å². The third kappa shape index (κ3) is 2.76. The summed E-state index contributed by atoms with van der Waals surface area (Å²) in [5, 5.41) is 0. The standard InChI is InChI=1S/C12H16F3N/c1-8(7-16)9(2)10-5-3-4-6-11(10)12(13,14)15/h3-6,8-9H,7,16H2,1-2H3. The van der Waals surface area contributed by atoms with Gasteiger partial charge in [-0.2, -0.15) is 13.2 Å². The van der Waals surface area contributed by atoms with Crippen molar-refractivity contribution in [3.63, 3.8) is 0 Å². The van der Waals surface area contributed by atoms with Crippen molar-refractivity contribution < 1.29 is 13.2 Å². The fourth-order valence-electron chi connectivity index (χ4n) is 1.66. The monoisotopic (exact) mass is 231 g/mol. The van der Waals surface area contributed by atoms with Crippen molar-refractivity contribution in [2.45, 2.75) is 25.9 Å². The molecule has 0 aliphatic rings. The molecule has 0 aliphatic heterocycles. The van der Waals surface area contributed by atoms with E-state index in [1.54, 1.807) is 13.0 Å². The summed E-state index contributed by atoms with van der Waals surface area (Å²) in [7, 11) is 0. The molecule has 0 radical (unpaired) electrons. The van der Waals surface area contributed by atoms with Gasteiger partial charge in [-0.1, -0.05) is 32.0 Å². The lowest BCUT2D eigenvalue weighted by Crippen LogP contribution is -2.20. The van der Waals surface area contributed by atoms with Crippen LogP contribution in [-0.2, 0) is 6.18 Å². The molecule has 0 saturated heterocycles. The molecule has 0 aliphatic carbocycles. The Bertz CT molecular complexity index is 346. The SMILES string of the molecule is CC(CN)C(C)c1ccccc1C(F)(F)F. The quantitative estimate of drug-likeness (QED) is 0.847. The van der Waals surface area contributed by atoms with E-state index in [0.29, 0.717) is 12.1 Å². The van der Waals surface area contributed by atoms with Gasteiger partial charge in [0.2, 0.25) is 0 Å². The van der Waals surface area contributed by atoms with Crippen molar-refractivity contribution in [3.8, 4) is 0 Å². The molecule has 0 amide bonds. The Balaban J connectivity index is 3.13. The summed E-state index contributed by atoms with van der Waals surface area (Å²) in [5.41, 5.74) is 5.26. The van der Waals surface area contributed by atoms with Gasteiger partial charge >= 0.3 is 6.18 Å². The third-order valence-electron chi connectivity index (χ3n) is 2.98. The molecule has 2 N–H and O–H groups in total. The van der Waals surface area contributed by atoms with Crippen LogP contribution in [0, 0.1) is 5.92 Å². The van der Waals surface area contributed by atoms with Crippen LogP contribution in [0.5, 0.6) is 0 Å². The number of benzene rings is 1. The molecule has 0 saturated carbocycles. The molecular weight excluding hydrogens is 215 g/mol. The smallest absolute Gasteiger partial charge is 0.330 e. The summed E-state index contributed by atoms with van der Waals surface area (Å²) < 4.78 is 38.2. The number of halogens is 3. The molecule has 0 bridgehead atoms. The first-order chi connectivity index (χ1) is 7.38. The maximum atomic E-state index is 12.7. The second-order valence-corrected chi connectivity index (χ2v) is 4.09. The lowest BCUT2D eigenvalue weighted by atomic mass is 9.86. The van der Waals surface area contributed by atoms with Crippen LogP contribution < -0.4 is 5.73 Å². The number of alkyl halides is 3. The first-order valence-corrected chi connectivity index (χ1v) is 5.24. The number of hydrogen-bond donors (Lipinski definition) is 1. The second kappa shape index (κ2) is 4.87. The molecule has 90 valence electrons. The normalized spacial score (nSPS) is 15.9. The van der Waals surface area contributed by atoms with Gasteiger partial charge in [-0.3, -0.25) is 0 Å². The van der Waals surface area contributed by atoms with Gasteiger partial charge in [0, 0.05) is 0 Å². The number of nitrogens with two attached hydrogens (primary N) is 1. The largest absolute Gasteiger partial charge is 0.416 e. The Hall–Kier alpha value is -1.03. The van der Waals surface area contributed by atoms with Crippen molar-refractivity contribution in [3.05, 3.63) is 35.4 Å². The summed E-state index contributed by atoms with van der Waals surface area (Å²) in [6.07, 6.45) is -4.29. The minimum Gasteiger partial charge on any atom is -0.330 e. The molecule has 0 spiro atoms. The Morgan fingerprint density at radius 3 is 2.25 bits per heavy atom. The molecule has 2 unspecified atom stereocenters. The highest BCUT2D eigenvalue weighted by molar-refractivity contribution is 5.32. The van der Waals surface area contributed by atoms with Gasteiger partial charge in [-0.25, -0.2) is 0 Å². The first kappa shape index (κ1) is 13.0. The predicted octanol–water partition coefficient (Wildman–Crippen LogP) is 3.40. The molecule has 1 nitrogen and oxygen atoms in total. The molecule has 1 rings (SSSR count). The van der Waals surface area contributed by atoms with Crippen molar-refractivity contribution in [1.82, 2.24) is 0 Å². The zero-order valence-electron chi connectivity index (χ0n) is 9.38. The van der Waals surface area contributed by atoms with Crippen LogP contribution in [0.2, 0.25) is 0 Å². The minimum absolute atomic E-state index is 0.0310. The van der Waals surface area contributed by atoms with Crippen molar-refractivity contribution in [2.24, 2.45) is 11.7 Å². The molecule has 4 heteroatoms. The number of hydrogen-bond acceptors (Lipinski definition) is 1. The van der Waals surface area contributed by atoms with Crippen LogP contribution in [0.3, 0.4) is 0 Å². The molecule has 1 aromatic rings. The van der Waals surface area contributed by atoms with Crippen molar-refractivity contribution in [1.29, 1.82) is 0 Å². The maximum Gasteiger partial charge on any atom is 0.416 e. The summed E-state index contributed by atoms with van der Waals surface area (Å²) >= 11 is 0. The third-order valence-corrected chi connectivity index (χ3v) is 2.98. The van der Waals surface area contributed by atoms with E-state index in [-0.39, 0.29) is 11.8 Å². The lowest BCUT2D eigenvalue weighted by Gasteiger charge is -2.22. The van der Waals surface area contributed by atoms with Crippen molar-refractivity contribution >= 4 is 0 Å². The molecule has 2 atom stereocenters. The highest BCUT2D eigenvalue weighted by Gasteiger charge is 2.34. The Morgan fingerprint density at radius 1 is 1.19 bits per heavy atom. The molecule has 0 heterocycles. The second-order valence-electron chi connectivity index (χ2n) is 4.09. The molecular formula is C12H16F3N. The van der Waals surface area contributed by atoms with E-state index in [1.165, 1.54) is 12.1 Å². The van der Waals surface area contributed by atoms with Gasteiger partial charge in [0.25, 0.3) is 0 Å². The van der Waals surface area contributed by atoms with Crippen LogP contribution in [0.25, 0.3) is 0 Å². The van der Waals surface area contributed by atoms with Gasteiger partial charge in [-0.15, -0.1) is 0 Å². The topological polar surface area (TPSA) is 26.0 Å². The summed E-state index contributed by atoms with van der Waals surface area (Å²) in [6, 6.07) is 5.69. The van der Waals surface area contributed by atoms with Gasteiger partial charge in [0.15, 0.2) is 0 Å². The van der Waals surface area contributed by atoms with E-state index in [0.717, 1.165) is 6.07 Å². The predicted molar refractivity (Wildman–Crippen MR) is 58.1 cm³/mol. The van der Waals surface area contributed by atoms with Crippen LogP contribution in [0.4, 0.5) is 13.2 Å². The van der Waals surface area contributed by atoms with Crippen LogP contribution >= 0.6 is 0 Å². The van der Waals surface area contributed by atoms with Crippen LogP contribution in [-0.4, -0.2) is 6.54 Å². The van der Waals surface area contributed by atoms with E-state index >= 15 is 0 Å². The van der Waals surface area contributed by atoms with Gasteiger partial charge in [0.05, 0.1) is 5.56 Å². The zero-order valence-corrected chi connectivity index (χ0v) is 9.38. The van der Waals surface area contributed by atoms with Gasteiger partial charge in [0.1, 0.15) is 0 Å². The van der Waals surface area contributed by atoms with E-state index in [1.807, 2.05) is 6.92 Å². The van der Waals surface area contributed by atoms with E-state index in [2.05, 4.69) is 0 Å². The Morgan fingerprint density at radius 2 is 1.75 bits per heavy atom. The Labute approximate surface area is 93.5 Å². The van der Waals surface area contributed by atoms with Crippen LogP contribution in [0.1, 0.15) is 30.9 Å². The molecule has 16 heavy (non-hydrogen) atoms. The van der Waals surface area contributed by atoms with Crippen molar-refractivity contribution in [2.75, 3.05) is 6.54 Å². The molecule has 0 aromatic heterocycles. The average Bonchev–Trinajstić information content (AvgIpc) is 2.26. The first-order valence-electron chi connectivity index (χ1n) is 5.24. The highest BCUT2D eigenvalue weighted by Crippen LogP contribution is 2.36. The number of rotatable bonds is 3. The average molecular weight is 231 g/mol. The summed E-state index contributed by atoms with van der Waals surface area (Å²) in [6.45, 7) is 4.02. The van der Waals surface area contributed by atoms with E-state index < -0.39 is 11.7 Å². The van der Waals surface area contributed by atoms with E-state index in [9.17, 15) is 13.2 Å². The molecule has 1 aromatic carbocycles. The summed E-state index contributed by atoms with van der Waals surface area (Å²) in [5.74, 6) is -0.161. The molecule has 0 fully saturated rings. The fraction of sp³-hybridized carbons (Fsp3) is 0.500. The van der Waals surface area contributed by atoms with Crippen LogP contribution in [0.15, 0.2) is 24.3 Å². The summed E-state index contributed by atoms with van der Waals surface area (Å²) in [4.78, 5) is 0. The zero-order chi connectivity index (χ0) is 12.3. The lowest BCUT2D eigenvalue weighted by molar-refractivity contribution is -0.138. The van der Waals surface area contributed by atoms with E-state index in [4.69, 9.17) is 5.73 Å². The maximum absolute atomic E-state index is 12.7. The minimum atomic E-state index is -4.29.